The van der Waals surface area contributed by atoms with Crippen LogP contribution < -0.4 is 5.32 Å². The molecule has 2 saturated heterocycles. The van der Waals surface area contributed by atoms with Gasteiger partial charge in [-0.3, -0.25) is 9.59 Å². The summed E-state index contributed by atoms with van der Waals surface area (Å²) in [5.74, 6) is 0.581. The molecule has 0 saturated carbocycles. The molecule has 1 N–H and O–H groups in total. The van der Waals surface area contributed by atoms with Crippen LogP contribution in [0.5, 0.6) is 0 Å². The number of benzene rings is 1. The third kappa shape index (κ3) is 2.47. The minimum absolute atomic E-state index is 0.0720. The molecule has 0 aliphatic carbocycles. The normalized spacial score (nSPS) is 25.8. The fourth-order valence-corrected chi connectivity index (χ4v) is 4.70. The lowest BCUT2D eigenvalue weighted by molar-refractivity contribution is -0.135. The highest BCUT2D eigenvalue weighted by atomic mass is 32.2. The summed E-state index contributed by atoms with van der Waals surface area (Å²) in [4.78, 5) is 27.8. The van der Waals surface area contributed by atoms with Crippen molar-refractivity contribution in [2.24, 2.45) is 0 Å². The van der Waals surface area contributed by atoms with Crippen LogP contribution in [0.4, 0.5) is 5.69 Å². The number of fused-ring (bicyclic) bond motifs is 1. The number of amides is 2. The smallest absolute Gasteiger partial charge is 0.248 e. The molecule has 4 rings (SSSR count). The van der Waals surface area contributed by atoms with Crippen LogP contribution in [-0.2, 0) is 9.59 Å². The molecular weight excluding hydrogens is 326 g/mol. The van der Waals surface area contributed by atoms with Gasteiger partial charge >= 0.3 is 0 Å². The Morgan fingerprint density at radius 2 is 2.00 bits per heavy atom. The quantitative estimate of drug-likeness (QED) is 0.917. The van der Waals surface area contributed by atoms with Crippen molar-refractivity contribution in [3.8, 4) is 5.69 Å². The summed E-state index contributed by atoms with van der Waals surface area (Å²) in [5.41, 5.74) is 1.51. The molecule has 24 heavy (non-hydrogen) atoms. The fraction of sp³-hybridized carbons (Fsp3) is 0.375. The third-order valence-corrected chi connectivity index (χ3v) is 6.04. The highest BCUT2D eigenvalue weighted by Gasteiger charge is 2.52. The molecule has 2 aromatic rings. The van der Waals surface area contributed by atoms with Crippen LogP contribution in [0.1, 0.15) is 19.8 Å². The zero-order valence-corrected chi connectivity index (χ0v) is 14.0. The van der Waals surface area contributed by atoms with Crippen LogP contribution in [0.3, 0.4) is 0 Å². The molecule has 2 amide bonds. The maximum Gasteiger partial charge on any atom is 0.248 e. The molecular formula is C16H17N5O2S. The van der Waals surface area contributed by atoms with E-state index in [1.54, 1.807) is 29.1 Å². The number of rotatable bonds is 3. The summed E-state index contributed by atoms with van der Waals surface area (Å²) in [6.07, 6.45) is 4.56. The average molecular weight is 343 g/mol. The monoisotopic (exact) mass is 343 g/mol. The Hall–Kier alpha value is -2.35. The van der Waals surface area contributed by atoms with Crippen LogP contribution in [-0.4, -0.2) is 48.4 Å². The van der Waals surface area contributed by atoms with Crippen molar-refractivity contribution >= 4 is 29.3 Å². The first kappa shape index (κ1) is 15.2. The molecule has 8 heteroatoms. The first-order chi connectivity index (χ1) is 11.6. The van der Waals surface area contributed by atoms with E-state index in [0.29, 0.717) is 17.9 Å². The molecule has 0 spiro atoms. The second-order valence-electron chi connectivity index (χ2n) is 6.12. The molecule has 3 heterocycles. The van der Waals surface area contributed by atoms with Crippen LogP contribution >= 0.6 is 11.8 Å². The minimum Gasteiger partial charge on any atom is -0.324 e. The standard InChI is InChI=1S/C16H17N5O2S/c1-16-7-6-14(22)20(16)13(10-24-16)15(23)19-11-2-4-12(5-3-11)21-17-8-9-18-21/h2-5,8-9,13H,6-7,10H2,1H3,(H,19,23). The second-order valence-corrected chi connectivity index (χ2v) is 7.62. The first-order valence-corrected chi connectivity index (χ1v) is 8.79. The number of nitrogens with zero attached hydrogens (tertiary/aromatic N) is 4. The molecule has 1 aromatic carbocycles. The lowest BCUT2D eigenvalue weighted by Crippen LogP contribution is -2.48. The van der Waals surface area contributed by atoms with Crippen LogP contribution in [0.15, 0.2) is 36.7 Å². The summed E-state index contributed by atoms with van der Waals surface area (Å²) in [7, 11) is 0. The number of nitrogens with one attached hydrogen (secondary N) is 1. The second kappa shape index (κ2) is 5.62. The van der Waals surface area contributed by atoms with Crippen LogP contribution in [0.25, 0.3) is 5.69 Å². The summed E-state index contributed by atoms with van der Waals surface area (Å²) in [6.45, 7) is 2.04. The van der Waals surface area contributed by atoms with Crippen molar-refractivity contribution in [2.45, 2.75) is 30.7 Å². The van der Waals surface area contributed by atoms with E-state index in [4.69, 9.17) is 0 Å². The lowest BCUT2D eigenvalue weighted by atomic mass is 10.2. The Morgan fingerprint density at radius 3 is 2.71 bits per heavy atom. The van der Waals surface area contributed by atoms with Gasteiger partial charge < -0.3 is 10.2 Å². The van der Waals surface area contributed by atoms with Crippen molar-refractivity contribution in [2.75, 3.05) is 11.1 Å². The van der Waals surface area contributed by atoms with E-state index in [9.17, 15) is 9.59 Å². The van der Waals surface area contributed by atoms with Gasteiger partial charge in [-0.25, -0.2) is 0 Å². The highest BCUT2D eigenvalue weighted by molar-refractivity contribution is 8.01. The minimum atomic E-state index is -0.401. The van der Waals surface area contributed by atoms with Crippen molar-refractivity contribution in [1.29, 1.82) is 0 Å². The predicted molar refractivity (Wildman–Crippen MR) is 90.7 cm³/mol. The Morgan fingerprint density at radius 1 is 1.29 bits per heavy atom. The molecule has 0 bridgehead atoms. The van der Waals surface area contributed by atoms with Gasteiger partial charge in [0.25, 0.3) is 0 Å². The Labute approximate surface area is 143 Å². The van der Waals surface area contributed by atoms with E-state index in [2.05, 4.69) is 15.5 Å². The lowest BCUT2D eigenvalue weighted by Gasteiger charge is -2.29. The topological polar surface area (TPSA) is 80.1 Å². The molecule has 2 unspecified atom stereocenters. The number of hydrogen-bond acceptors (Lipinski definition) is 5. The van der Waals surface area contributed by atoms with Crippen molar-refractivity contribution in [3.63, 3.8) is 0 Å². The maximum absolute atomic E-state index is 12.6. The number of thioether (sulfide) groups is 1. The van der Waals surface area contributed by atoms with Gasteiger partial charge in [-0.2, -0.15) is 15.0 Å². The van der Waals surface area contributed by atoms with Gasteiger partial charge in [0.2, 0.25) is 11.8 Å². The molecule has 0 radical (unpaired) electrons. The summed E-state index contributed by atoms with van der Waals surface area (Å²) in [5, 5.41) is 11.0. The number of carbonyl (C=O) groups excluding carboxylic acids is 2. The fourth-order valence-electron chi connectivity index (χ4n) is 3.27. The van der Waals surface area contributed by atoms with Gasteiger partial charge in [-0.1, -0.05) is 0 Å². The van der Waals surface area contributed by atoms with Gasteiger partial charge in [-0.05, 0) is 37.6 Å². The number of aromatic nitrogens is 3. The SMILES string of the molecule is CC12CCC(=O)N1C(C(=O)Nc1ccc(-n3nccn3)cc1)CS2. The van der Waals surface area contributed by atoms with Gasteiger partial charge in [0, 0.05) is 17.9 Å². The van der Waals surface area contributed by atoms with E-state index in [1.807, 2.05) is 31.2 Å². The summed E-state index contributed by atoms with van der Waals surface area (Å²) >= 11 is 1.69. The largest absolute Gasteiger partial charge is 0.324 e. The predicted octanol–water partition coefficient (Wildman–Crippen LogP) is 1.66. The zero-order valence-electron chi connectivity index (χ0n) is 13.2. The maximum atomic E-state index is 12.6. The Balaban J connectivity index is 1.47. The molecule has 2 fully saturated rings. The van der Waals surface area contributed by atoms with Crippen molar-refractivity contribution < 1.29 is 9.59 Å². The first-order valence-electron chi connectivity index (χ1n) is 7.81. The molecule has 2 atom stereocenters. The third-order valence-electron chi connectivity index (χ3n) is 4.53. The Kier molecular flexibility index (Phi) is 3.56. The summed E-state index contributed by atoms with van der Waals surface area (Å²) < 4.78 is 0. The van der Waals surface area contributed by atoms with E-state index >= 15 is 0 Å². The van der Waals surface area contributed by atoms with E-state index in [-0.39, 0.29) is 16.7 Å². The molecule has 2 aliphatic heterocycles. The van der Waals surface area contributed by atoms with Gasteiger partial charge in [0.1, 0.15) is 6.04 Å². The van der Waals surface area contributed by atoms with E-state index in [1.165, 1.54) is 4.80 Å². The van der Waals surface area contributed by atoms with E-state index in [0.717, 1.165) is 12.1 Å². The van der Waals surface area contributed by atoms with Crippen molar-refractivity contribution in [3.05, 3.63) is 36.7 Å². The Bertz CT molecular complexity index is 776. The average Bonchev–Trinajstić information content (AvgIpc) is 3.27. The molecule has 124 valence electrons. The van der Waals surface area contributed by atoms with Crippen LogP contribution in [0.2, 0.25) is 0 Å². The van der Waals surface area contributed by atoms with E-state index < -0.39 is 6.04 Å². The number of carbonyl (C=O) groups is 2. The van der Waals surface area contributed by atoms with Gasteiger partial charge in [0.05, 0.1) is 23.0 Å². The highest BCUT2D eigenvalue weighted by Crippen LogP contribution is 2.47. The number of hydrogen-bond donors (Lipinski definition) is 1. The molecule has 2 aliphatic rings. The number of anilines is 1. The summed E-state index contributed by atoms with van der Waals surface area (Å²) in [6, 6.07) is 6.89. The van der Waals surface area contributed by atoms with Crippen molar-refractivity contribution in [1.82, 2.24) is 19.9 Å². The zero-order chi connectivity index (χ0) is 16.7. The molecule has 7 nitrogen and oxygen atoms in total. The van der Waals surface area contributed by atoms with Gasteiger partial charge in [-0.15, -0.1) is 11.8 Å². The molecule has 1 aromatic heterocycles. The van der Waals surface area contributed by atoms with Crippen LogP contribution in [0, 0.1) is 0 Å². The van der Waals surface area contributed by atoms with Gasteiger partial charge in [0.15, 0.2) is 0 Å².